The number of aromatic amines is 1. The minimum atomic E-state index is 0.213. The number of piperidine rings is 1. The monoisotopic (exact) mass is 239 g/mol. The number of nitrogens with zero attached hydrogens (tertiary/aromatic N) is 1. The third-order valence-electron chi connectivity index (χ3n) is 3.47. The summed E-state index contributed by atoms with van der Waals surface area (Å²) in [6.45, 7) is 3.03. The van der Waals surface area contributed by atoms with Gasteiger partial charge in [0.2, 0.25) is 0 Å². The van der Waals surface area contributed by atoms with Crippen LogP contribution >= 0.6 is 11.8 Å². The number of nitrogens with one attached hydrogen (secondary N) is 2. The quantitative estimate of drug-likeness (QED) is 0.807. The molecule has 2 N–H and O–H groups in total. The zero-order valence-corrected chi connectivity index (χ0v) is 10.1. The van der Waals surface area contributed by atoms with Crippen molar-refractivity contribution in [3.05, 3.63) is 21.6 Å². The van der Waals surface area contributed by atoms with Crippen LogP contribution in [0.2, 0.25) is 0 Å². The van der Waals surface area contributed by atoms with Crippen LogP contribution < -0.4 is 10.9 Å². The lowest BCUT2D eigenvalue weighted by molar-refractivity contribution is 0.321. The molecule has 0 amide bonds. The molecular weight excluding hydrogens is 222 g/mol. The van der Waals surface area contributed by atoms with Crippen molar-refractivity contribution in [3.63, 3.8) is 0 Å². The second-order valence-electron chi connectivity index (χ2n) is 4.69. The van der Waals surface area contributed by atoms with Crippen LogP contribution in [0.25, 0.3) is 0 Å². The maximum absolute atomic E-state index is 12.0. The third kappa shape index (κ3) is 1.82. The normalized spacial score (nSPS) is 24.6. The van der Waals surface area contributed by atoms with Crippen molar-refractivity contribution in [3.8, 4) is 0 Å². The lowest BCUT2D eigenvalue weighted by Crippen LogP contribution is -2.34. The highest BCUT2D eigenvalue weighted by molar-refractivity contribution is 7.98. The zero-order valence-electron chi connectivity index (χ0n) is 9.29. The molecule has 2 aliphatic rings. The van der Waals surface area contributed by atoms with E-state index in [-0.39, 0.29) is 5.56 Å². The van der Waals surface area contributed by atoms with Crippen molar-refractivity contribution in [2.45, 2.75) is 30.9 Å². The van der Waals surface area contributed by atoms with E-state index in [9.17, 15) is 4.79 Å². The van der Waals surface area contributed by atoms with Gasteiger partial charge in [0, 0.05) is 18.1 Å². The van der Waals surface area contributed by atoms with E-state index in [0.717, 1.165) is 42.4 Å². The van der Waals surface area contributed by atoms with E-state index < -0.39 is 0 Å². The van der Waals surface area contributed by atoms with Gasteiger partial charge >= 0.3 is 0 Å². The van der Waals surface area contributed by atoms with E-state index in [0.29, 0.717) is 5.92 Å². The highest BCUT2D eigenvalue weighted by atomic mass is 32.2. The van der Waals surface area contributed by atoms with E-state index >= 15 is 0 Å². The molecule has 0 aromatic carbocycles. The Hall–Kier alpha value is -0.680. The number of aromatic nitrogens is 2. The minimum absolute atomic E-state index is 0.213. The fourth-order valence-corrected chi connectivity index (χ4v) is 3.61. The fourth-order valence-electron chi connectivity index (χ4n) is 2.56. The Morgan fingerprint density at radius 1 is 1.44 bits per heavy atom. The number of thioether (sulfide) groups is 1. The van der Waals surface area contributed by atoms with E-state index in [1.165, 1.54) is 12.8 Å². The maximum atomic E-state index is 12.0. The van der Waals surface area contributed by atoms with Gasteiger partial charge in [-0.25, -0.2) is 0 Å². The van der Waals surface area contributed by atoms with Crippen molar-refractivity contribution >= 4 is 11.8 Å². The average molecular weight is 239 g/mol. The van der Waals surface area contributed by atoms with Gasteiger partial charge in [0.25, 0.3) is 5.56 Å². The molecule has 1 aromatic rings. The maximum Gasteiger partial charge on any atom is 0.270 e. The number of rotatable bonds is 2. The minimum Gasteiger partial charge on any atom is -0.316 e. The summed E-state index contributed by atoms with van der Waals surface area (Å²) in [6.07, 6.45) is 2.47. The Morgan fingerprint density at radius 3 is 3.12 bits per heavy atom. The van der Waals surface area contributed by atoms with Gasteiger partial charge in [0.1, 0.15) is 0 Å². The molecule has 88 valence electrons. The molecule has 1 atom stereocenters. The van der Waals surface area contributed by atoms with Crippen LogP contribution in [0.3, 0.4) is 0 Å². The predicted molar refractivity (Wildman–Crippen MR) is 65.6 cm³/mol. The molecule has 0 spiro atoms. The summed E-state index contributed by atoms with van der Waals surface area (Å²) < 4.78 is 1.82. The van der Waals surface area contributed by atoms with Crippen LogP contribution in [0.1, 0.15) is 24.1 Å². The first-order valence-electron chi connectivity index (χ1n) is 5.93. The number of hydrogen-bond acceptors (Lipinski definition) is 3. The molecule has 1 unspecified atom stereocenters. The number of H-pyrrole nitrogens is 1. The second-order valence-corrected chi connectivity index (χ2v) is 5.68. The molecule has 1 saturated heterocycles. The van der Waals surface area contributed by atoms with Gasteiger partial charge in [-0.1, -0.05) is 0 Å². The molecule has 0 saturated carbocycles. The van der Waals surface area contributed by atoms with Crippen molar-refractivity contribution < 1.29 is 0 Å². The van der Waals surface area contributed by atoms with Crippen LogP contribution in [0.4, 0.5) is 0 Å². The van der Waals surface area contributed by atoms with Crippen molar-refractivity contribution in [2.75, 3.05) is 13.1 Å². The van der Waals surface area contributed by atoms with Crippen LogP contribution in [-0.2, 0) is 18.1 Å². The van der Waals surface area contributed by atoms with Gasteiger partial charge in [-0.2, -0.15) is 11.8 Å². The van der Waals surface area contributed by atoms with E-state index in [1.807, 2.05) is 16.4 Å². The van der Waals surface area contributed by atoms with Crippen LogP contribution in [0.15, 0.2) is 4.79 Å². The number of fused-ring (bicyclic) bond motifs is 1. The Balaban J connectivity index is 1.77. The van der Waals surface area contributed by atoms with Gasteiger partial charge in [-0.3, -0.25) is 14.6 Å². The standard InChI is InChI=1S/C11H17N3OS/c15-11-9-6-16-7-10(9)13-14(11)5-8-2-1-3-12-4-8/h8,12-13H,1-7H2. The zero-order chi connectivity index (χ0) is 11.0. The molecule has 4 nitrogen and oxygen atoms in total. The van der Waals surface area contributed by atoms with Gasteiger partial charge in [-0.05, 0) is 31.8 Å². The smallest absolute Gasteiger partial charge is 0.270 e. The molecule has 16 heavy (non-hydrogen) atoms. The van der Waals surface area contributed by atoms with Crippen molar-refractivity contribution in [2.24, 2.45) is 5.92 Å². The summed E-state index contributed by atoms with van der Waals surface area (Å²) in [7, 11) is 0. The SMILES string of the molecule is O=c1c2c([nH]n1CC1CCCNC1)CSC2. The second kappa shape index (κ2) is 4.30. The molecule has 3 rings (SSSR count). The first-order chi connectivity index (χ1) is 7.84. The molecular formula is C11H17N3OS. The topological polar surface area (TPSA) is 49.8 Å². The fraction of sp³-hybridized carbons (Fsp3) is 0.727. The predicted octanol–water partition coefficient (Wildman–Crippen LogP) is 0.923. The van der Waals surface area contributed by atoms with E-state index in [4.69, 9.17) is 0 Å². The molecule has 1 aromatic heterocycles. The third-order valence-corrected chi connectivity index (χ3v) is 4.46. The first kappa shape index (κ1) is 10.5. The molecule has 5 heteroatoms. The van der Waals surface area contributed by atoms with Crippen molar-refractivity contribution in [1.29, 1.82) is 0 Å². The average Bonchev–Trinajstić information content (AvgIpc) is 2.86. The highest BCUT2D eigenvalue weighted by Crippen LogP contribution is 2.25. The summed E-state index contributed by atoms with van der Waals surface area (Å²) in [5.41, 5.74) is 2.37. The van der Waals surface area contributed by atoms with Crippen LogP contribution in [0.5, 0.6) is 0 Å². The number of hydrogen-bond donors (Lipinski definition) is 2. The molecule has 0 bridgehead atoms. The van der Waals surface area contributed by atoms with Gasteiger partial charge in [0.05, 0.1) is 11.3 Å². The molecule has 1 fully saturated rings. The van der Waals surface area contributed by atoms with Crippen LogP contribution in [-0.4, -0.2) is 22.9 Å². The first-order valence-corrected chi connectivity index (χ1v) is 7.09. The molecule has 0 aliphatic carbocycles. The molecule has 3 heterocycles. The summed E-state index contributed by atoms with van der Waals surface area (Å²) in [4.78, 5) is 12.0. The lowest BCUT2D eigenvalue weighted by Gasteiger charge is -2.22. The highest BCUT2D eigenvalue weighted by Gasteiger charge is 2.21. The van der Waals surface area contributed by atoms with Crippen molar-refractivity contribution in [1.82, 2.24) is 15.1 Å². The van der Waals surface area contributed by atoms with Gasteiger partial charge in [0.15, 0.2) is 0 Å². The van der Waals surface area contributed by atoms with E-state index in [2.05, 4.69) is 10.4 Å². The Morgan fingerprint density at radius 2 is 2.38 bits per heavy atom. The summed E-state index contributed by atoms with van der Waals surface area (Å²) in [5, 5.41) is 6.66. The lowest BCUT2D eigenvalue weighted by atomic mass is 10.00. The summed E-state index contributed by atoms with van der Waals surface area (Å²) in [5.74, 6) is 2.47. The van der Waals surface area contributed by atoms with Gasteiger partial charge in [-0.15, -0.1) is 0 Å². The van der Waals surface area contributed by atoms with E-state index in [1.54, 1.807) is 0 Å². The Bertz CT molecular complexity index is 431. The Labute approximate surface area is 98.8 Å². The van der Waals surface area contributed by atoms with Crippen LogP contribution in [0, 0.1) is 5.92 Å². The summed E-state index contributed by atoms with van der Waals surface area (Å²) >= 11 is 1.82. The molecule has 2 aliphatic heterocycles. The largest absolute Gasteiger partial charge is 0.316 e. The summed E-state index contributed by atoms with van der Waals surface area (Å²) in [6, 6.07) is 0. The Kier molecular flexibility index (Phi) is 2.81. The van der Waals surface area contributed by atoms with Gasteiger partial charge < -0.3 is 5.32 Å². The molecule has 0 radical (unpaired) electrons.